The smallest absolute Gasteiger partial charge is 0.194 e. The number of anilines is 1. The predicted octanol–water partition coefficient (Wildman–Crippen LogP) is 2.91. The van der Waals surface area contributed by atoms with Gasteiger partial charge in [-0.15, -0.1) is 10.2 Å². The molecule has 3 aromatic heterocycles. The normalized spacial score (nSPS) is 19.8. The van der Waals surface area contributed by atoms with Crippen molar-refractivity contribution in [2.24, 2.45) is 0 Å². The zero-order chi connectivity index (χ0) is 20.0. The van der Waals surface area contributed by atoms with Crippen LogP contribution in [0.2, 0.25) is 0 Å². The third kappa shape index (κ3) is 3.40. The summed E-state index contributed by atoms with van der Waals surface area (Å²) in [5, 5.41) is 29.4. The molecule has 4 heterocycles. The van der Waals surface area contributed by atoms with E-state index >= 15 is 0 Å². The monoisotopic (exact) mass is 411 g/mol. The minimum absolute atomic E-state index is 0.106. The van der Waals surface area contributed by atoms with E-state index in [9.17, 15) is 9.50 Å². The first-order valence-electron chi connectivity index (χ1n) is 9.13. The number of fused-ring (bicyclic) bond motifs is 1. The summed E-state index contributed by atoms with van der Waals surface area (Å²) < 4.78 is 14.9. The van der Waals surface area contributed by atoms with Crippen LogP contribution in [-0.2, 0) is 0 Å². The summed E-state index contributed by atoms with van der Waals surface area (Å²) in [6, 6.07) is 6.92. The Morgan fingerprint density at radius 2 is 2.14 bits per heavy atom. The number of hydrogen-bond acceptors (Lipinski definition) is 8. The molecule has 0 spiro atoms. The third-order valence-electron chi connectivity index (χ3n) is 5.00. The van der Waals surface area contributed by atoms with Gasteiger partial charge in [-0.05, 0) is 30.8 Å². The highest BCUT2D eigenvalue weighted by Gasteiger charge is 2.31. The van der Waals surface area contributed by atoms with Crippen molar-refractivity contribution < 1.29 is 9.50 Å². The molecule has 4 aromatic rings. The fraction of sp³-hybridized carbons (Fsp3) is 0.263. The number of nitrogens with zero attached hydrogens (tertiary/aromatic N) is 5. The van der Waals surface area contributed by atoms with Crippen molar-refractivity contribution in [3.8, 4) is 28.1 Å². The molecule has 1 aliphatic heterocycles. The number of thiazole rings is 1. The number of H-pyrrole nitrogens is 1. The zero-order valence-corrected chi connectivity index (χ0v) is 16.3. The Morgan fingerprint density at radius 1 is 1.24 bits per heavy atom. The van der Waals surface area contributed by atoms with Crippen LogP contribution in [0.5, 0.6) is 5.75 Å². The second-order valence-electron chi connectivity index (χ2n) is 7.14. The fourth-order valence-electron chi connectivity index (χ4n) is 3.52. The zero-order valence-electron chi connectivity index (χ0n) is 15.5. The molecule has 1 aromatic carbocycles. The molecule has 0 amide bonds. The lowest BCUT2D eigenvalue weighted by Crippen LogP contribution is -2.29. The number of nitrogens with one attached hydrogen (secondary N) is 2. The topological polar surface area (TPSA) is 103 Å². The number of hydrogen-bond donors (Lipinski definition) is 3. The molecule has 0 saturated carbocycles. The Balaban J connectivity index is 1.43. The van der Waals surface area contributed by atoms with Crippen molar-refractivity contribution in [3.05, 3.63) is 36.7 Å². The van der Waals surface area contributed by atoms with Gasteiger partial charge in [0.05, 0.1) is 22.6 Å². The second kappa shape index (κ2) is 7.05. The van der Waals surface area contributed by atoms with Crippen molar-refractivity contribution in [3.63, 3.8) is 0 Å². The van der Waals surface area contributed by atoms with Crippen molar-refractivity contribution in [1.82, 2.24) is 30.3 Å². The van der Waals surface area contributed by atoms with Crippen LogP contribution in [-0.4, -0.2) is 67.7 Å². The van der Waals surface area contributed by atoms with Crippen molar-refractivity contribution >= 4 is 26.8 Å². The van der Waals surface area contributed by atoms with Gasteiger partial charge in [0.25, 0.3) is 0 Å². The number of halogens is 1. The highest BCUT2D eigenvalue weighted by molar-refractivity contribution is 7.22. The molecule has 0 unspecified atom stereocenters. The molecular weight excluding hydrogens is 393 g/mol. The van der Waals surface area contributed by atoms with Crippen molar-refractivity contribution in [2.45, 2.75) is 12.2 Å². The van der Waals surface area contributed by atoms with Gasteiger partial charge >= 0.3 is 0 Å². The van der Waals surface area contributed by atoms with Crippen LogP contribution in [0.15, 0.2) is 36.7 Å². The molecule has 1 aliphatic rings. The molecule has 0 radical (unpaired) electrons. The lowest BCUT2D eigenvalue weighted by Gasteiger charge is -2.12. The van der Waals surface area contributed by atoms with Crippen LogP contribution in [0.1, 0.15) is 0 Å². The van der Waals surface area contributed by atoms with Gasteiger partial charge in [-0.3, -0.25) is 5.10 Å². The van der Waals surface area contributed by atoms with E-state index in [0.29, 0.717) is 35.1 Å². The first kappa shape index (κ1) is 18.0. The summed E-state index contributed by atoms with van der Waals surface area (Å²) in [4.78, 5) is 6.36. The summed E-state index contributed by atoms with van der Waals surface area (Å²) in [7, 11) is 1.90. The number of benzene rings is 1. The minimum atomic E-state index is -0.931. The number of aromatic amines is 1. The lowest BCUT2D eigenvalue weighted by atomic mass is 10.0. The van der Waals surface area contributed by atoms with E-state index in [1.165, 1.54) is 11.3 Å². The number of rotatable bonds is 4. The number of aromatic hydroxyl groups is 1. The van der Waals surface area contributed by atoms with E-state index in [2.05, 4.69) is 30.7 Å². The summed E-state index contributed by atoms with van der Waals surface area (Å²) in [5.41, 5.74) is 3.36. The predicted molar refractivity (Wildman–Crippen MR) is 110 cm³/mol. The van der Waals surface area contributed by atoms with Crippen LogP contribution in [0.3, 0.4) is 0 Å². The largest absolute Gasteiger partial charge is 0.507 e. The maximum Gasteiger partial charge on any atom is 0.194 e. The third-order valence-corrected chi connectivity index (χ3v) is 5.92. The van der Waals surface area contributed by atoms with Crippen LogP contribution in [0.4, 0.5) is 9.52 Å². The molecule has 5 rings (SSSR count). The molecule has 1 fully saturated rings. The standard InChI is InChI=1S/C19H18FN7OS/c1-27-8-13(20)15(9-27)23-19-24-18-17(29-19)5-14(25-26-18)12-3-2-10(4-16(12)28)11-6-21-22-7-11/h2-7,13,15,28H,8-9H2,1H3,(H,21,22)(H,23,24,26)/t13-,15+/m0/s1. The maximum atomic E-state index is 14.1. The lowest BCUT2D eigenvalue weighted by molar-refractivity contribution is 0.314. The van der Waals surface area contributed by atoms with E-state index in [1.54, 1.807) is 24.5 Å². The van der Waals surface area contributed by atoms with Gasteiger partial charge in [-0.1, -0.05) is 17.4 Å². The fourth-order valence-corrected chi connectivity index (χ4v) is 4.42. The number of phenols is 1. The molecule has 3 N–H and O–H groups in total. The van der Waals surface area contributed by atoms with Crippen molar-refractivity contribution in [1.29, 1.82) is 0 Å². The first-order chi connectivity index (χ1) is 14.1. The van der Waals surface area contributed by atoms with Gasteiger partial charge < -0.3 is 15.3 Å². The van der Waals surface area contributed by atoms with Crippen molar-refractivity contribution in [2.75, 3.05) is 25.5 Å². The number of likely N-dealkylation sites (tertiary alicyclic amines) is 1. The molecule has 1 saturated heterocycles. The summed E-state index contributed by atoms with van der Waals surface area (Å²) >= 11 is 1.40. The Labute approximate surface area is 169 Å². The highest BCUT2D eigenvalue weighted by Crippen LogP contribution is 2.34. The molecule has 148 valence electrons. The Hall–Kier alpha value is -3.11. The molecular formula is C19H18FN7OS. The summed E-state index contributed by atoms with van der Waals surface area (Å²) in [5.74, 6) is 0.106. The molecule has 0 aliphatic carbocycles. The Morgan fingerprint density at radius 3 is 2.86 bits per heavy atom. The van der Waals surface area contributed by atoms with Gasteiger partial charge in [0, 0.05) is 30.4 Å². The maximum absolute atomic E-state index is 14.1. The second-order valence-corrected chi connectivity index (χ2v) is 8.17. The van der Waals surface area contributed by atoms with Gasteiger partial charge in [0.2, 0.25) is 0 Å². The first-order valence-corrected chi connectivity index (χ1v) is 9.94. The average molecular weight is 411 g/mol. The van der Waals surface area contributed by atoms with Crippen LogP contribution in [0, 0.1) is 0 Å². The highest BCUT2D eigenvalue weighted by atomic mass is 32.1. The van der Waals surface area contributed by atoms with Crippen LogP contribution < -0.4 is 5.32 Å². The number of aromatic nitrogens is 5. The molecule has 10 heteroatoms. The minimum Gasteiger partial charge on any atom is -0.507 e. The summed E-state index contributed by atoms with van der Waals surface area (Å²) in [6.07, 6.45) is 2.52. The van der Waals surface area contributed by atoms with Crippen LogP contribution in [0.25, 0.3) is 32.7 Å². The van der Waals surface area contributed by atoms with Gasteiger partial charge in [0.15, 0.2) is 10.8 Å². The SMILES string of the molecule is CN1C[C@H](F)[C@H](Nc2nc3nnc(-c4ccc(-c5cn[nH]c5)cc4O)cc3s2)C1. The molecule has 29 heavy (non-hydrogen) atoms. The van der Waals surface area contributed by atoms with E-state index in [1.807, 2.05) is 24.1 Å². The quantitative estimate of drug-likeness (QED) is 0.474. The number of likely N-dealkylation sites (N-methyl/N-ethyl adjacent to an activating group) is 1. The van der Waals surface area contributed by atoms with Gasteiger partial charge in [-0.2, -0.15) is 10.1 Å². The van der Waals surface area contributed by atoms with Gasteiger partial charge in [0.1, 0.15) is 11.9 Å². The molecule has 8 nitrogen and oxygen atoms in total. The average Bonchev–Trinajstić information content (AvgIpc) is 3.42. The van der Waals surface area contributed by atoms with E-state index in [4.69, 9.17) is 0 Å². The number of alkyl halides is 1. The van der Waals surface area contributed by atoms with Gasteiger partial charge in [-0.25, -0.2) is 4.39 Å². The molecule has 0 bridgehead atoms. The Bertz CT molecular complexity index is 1160. The van der Waals surface area contributed by atoms with E-state index in [-0.39, 0.29) is 11.8 Å². The number of phenolic OH excluding ortho intramolecular Hbond substituents is 1. The Kier molecular flexibility index (Phi) is 4.36. The van der Waals surface area contributed by atoms with Crippen LogP contribution >= 0.6 is 11.3 Å². The summed E-state index contributed by atoms with van der Waals surface area (Å²) in [6.45, 7) is 1.05. The molecule has 2 atom stereocenters. The van der Waals surface area contributed by atoms with E-state index < -0.39 is 6.17 Å². The van der Waals surface area contributed by atoms with E-state index in [0.717, 1.165) is 15.8 Å².